The Morgan fingerprint density at radius 2 is 1.90 bits per heavy atom. The number of halogens is 1. The molecule has 3 unspecified atom stereocenters. The first-order chi connectivity index (χ1) is 10.2. The van der Waals surface area contributed by atoms with E-state index in [2.05, 4.69) is 6.92 Å². The van der Waals surface area contributed by atoms with Crippen LogP contribution < -0.4 is 9.47 Å². The normalized spacial score (nSPS) is 23.0. The highest BCUT2D eigenvalue weighted by Gasteiger charge is 2.33. The van der Waals surface area contributed by atoms with Gasteiger partial charge >= 0.3 is 0 Å². The summed E-state index contributed by atoms with van der Waals surface area (Å²) in [5, 5.41) is -0.0488. The van der Waals surface area contributed by atoms with E-state index in [-0.39, 0.29) is 11.5 Å². The van der Waals surface area contributed by atoms with Crippen molar-refractivity contribution in [2.45, 2.75) is 45.1 Å². The Morgan fingerprint density at radius 1 is 1.19 bits per heavy atom. The summed E-state index contributed by atoms with van der Waals surface area (Å²) in [5.41, 5.74) is 1.08. The third-order valence-electron chi connectivity index (χ3n) is 3.92. The third kappa shape index (κ3) is 3.83. The standard InChI is InChI=1S/C17H25ClO3/c1-4-14-13(9-10-21-14)17(18)12-7-8-15(19-5-2)16(11-12)20-6-3/h7-8,11,13-14,17H,4-6,9-10H2,1-3H3. The molecule has 0 saturated carbocycles. The second-order valence-corrected chi connectivity index (χ2v) is 5.71. The van der Waals surface area contributed by atoms with Crippen LogP contribution in [0.25, 0.3) is 0 Å². The van der Waals surface area contributed by atoms with Crippen molar-refractivity contribution < 1.29 is 14.2 Å². The summed E-state index contributed by atoms with van der Waals surface area (Å²) >= 11 is 6.71. The average Bonchev–Trinajstić information content (AvgIpc) is 2.97. The Hall–Kier alpha value is -0.930. The number of hydrogen-bond donors (Lipinski definition) is 0. The Bertz CT molecular complexity index is 450. The molecule has 1 fully saturated rings. The molecule has 1 aliphatic heterocycles. The van der Waals surface area contributed by atoms with Gasteiger partial charge in [-0.25, -0.2) is 0 Å². The highest BCUT2D eigenvalue weighted by Crippen LogP contribution is 2.41. The molecule has 1 heterocycles. The number of ether oxygens (including phenoxy) is 3. The van der Waals surface area contributed by atoms with Gasteiger partial charge in [0.25, 0.3) is 0 Å². The molecule has 21 heavy (non-hydrogen) atoms. The van der Waals surface area contributed by atoms with E-state index in [1.54, 1.807) is 0 Å². The summed E-state index contributed by atoms with van der Waals surface area (Å²) in [6.45, 7) is 8.13. The molecule has 0 spiro atoms. The average molecular weight is 313 g/mol. The molecule has 1 aromatic carbocycles. The molecule has 4 heteroatoms. The van der Waals surface area contributed by atoms with E-state index in [0.717, 1.165) is 36.5 Å². The summed E-state index contributed by atoms with van der Waals surface area (Å²) in [6, 6.07) is 6.00. The molecule has 3 nitrogen and oxygen atoms in total. The Kier molecular flexibility index (Phi) is 6.19. The van der Waals surface area contributed by atoms with E-state index in [4.69, 9.17) is 25.8 Å². The second-order valence-electron chi connectivity index (χ2n) is 5.24. The summed E-state index contributed by atoms with van der Waals surface area (Å²) < 4.78 is 17.0. The maximum atomic E-state index is 6.71. The highest BCUT2D eigenvalue weighted by molar-refractivity contribution is 6.21. The summed E-state index contributed by atoms with van der Waals surface area (Å²) in [5.74, 6) is 1.92. The number of alkyl halides is 1. The summed E-state index contributed by atoms with van der Waals surface area (Å²) in [6.07, 6.45) is 2.28. The molecule has 1 aliphatic rings. The quantitative estimate of drug-likeness (QED) is 0.690. The lowest BCUT2D eigenvalue weighted by molar-refractivity contribution is 0.0864. The van der Waals surface area contributed by atoms with E-state index in [1.165, 1.54) is 0 Å². The van der Waals surface area contributed by atoms with Gasteiger partial charge < -0.3 is 14.2 Å². The van der Waals surface area contributed by atoms with E-state index < -0.39 is 0 Å². The minimum atomic E-state index is -0.0488. The minimum Gasteiger partial charge on any atom is -0.490 e. The predicted molar refractivity (Wildman–Crippen MR) is 85.5 cm³/mol. The first kappa shape index (κ1) is 16.4. The number of benzene rings is 1. The van der Waals surface area contributed by atoms with E-state index in [0.29, 0.717) is 19.1 Å². The van der Waals surface area contributed by atoms with Gasteiger partial charge in [-0.1, -0.05) is 13.0 Å². The van der Waals surface area contributed by atoms with E-state index in [9.17, 15) is 0 Å². The fraction of sp³-hybridized carbons (Fsp3) is 0.647. The third-order valence-corrected chi connectivity index (χ3v) is 4.50. The van der Waals surface area contributed by atoms with Crippen LogP contribution in [0.15, 0.2) is 18.2 Å². The zero-order chi connectivity index (χ0) is 15.2. The molecule has 2 rings (SSSR count). The molecule has 0 radical (unpaired) electrons. The lowest BCUT2D eigenvalue weighted by Gasteiger charge is -2.23. The van der Waals surface area contributed by atoms with Gasteiger partial charge in [-0.05, 0) is 44.4 Å². The molecule has 1 aromatic rings. The zero-order valence-corrected chi connectivity index (χ0v) is 13.9. The van der Waals surface area contributed by atoms with Crippen LogP contribution in [0.1, 0.15) is 44.6 Å². The fourth-order valence-corrected chi connectivity index (χ4v) is 3.33. The van der Waals surface area contributed by atoms with Crippen molar-refractivity contribution in [2.75, 3.05) is 19.8 Å². The van der Waals surface area contributed by atoms with Gasteiger partial charge in [0, 0.05) is 12.5 Å². The lowest BCUT2D eigenvalue weighted by Crippen LogP contribution is -2.19. The van der Waals surface area contributed by atoms with E-state index in [1.807, 2.05) is 32.0 Å². The SMILES string of the molecule is CCOc1ccc(C(Cl)C2CCOC2CC)cc1OCC. The molecular formula is C17H25ClO3. The van der Waals surface area contributed by atoms with Crippen LogP contribution in [0.4, 0.5) is 0 Å². The molecule has 0 aromatic heterocycles. The first-order valence-electron chi connectivity index (χ1n) is 7.86. The van der Waals surface area contributed by atoms with Gasteiger partial charge in [-0.3, -0.25) is 0 Å². The Balaban J connectivity index is 2.20. The van der Waals surface area contributed by atoms with Crippen molar-refractivity contribution in [2.24, 2.45) is 5.92 Å². The summed E-state index contributed by atoms with van der Waals surface area (Å²) in [4.78, 5) is 0. The second kappa shape index (κ2) is 7.90. The van der Waals surface area contributed by atoms with Crippen LogP contribution in [0.3, 0.4) is 0 Å². The van der Waals surface area contributed by atoms with Crippen molar-refractivity contribution in [3.8, 4) is 11.5 Å². The van der Waals surface area contributed by atoms with Crippen LogP contribution in [0.2, 0.25) is 0 Å². The molecule has 118 valence electrons. The minimum absolute atomic E-state index is 0.0488. The van der Waals surface area contributed by atoms with Gasteiger partial charge in [0.15, 0.2) is 11.5 Å². The molecule has 0 bridgehead atoms. The van der Waals surface area contributed by atoms with Gasteiger partial charge in [-0.2, -0.15) is 0 Å². The van der Waals surface area contributed by atoms with Crippen LogP contribution in [-0.4, -0.2) is 25.9 Å². The Labute approximate surface area is 132 Å². The lowest BCUT2D eigenvalue weighted by atomic mass is 9.91. The van der Waals surface area contributed by atoms with Gasteiger partial charge in [0.1, 0.15) is 0 Å². The predicted octanol–water partition coefficient (Wildman–Crippen LogP) is 4.58. The van der Waals surface area contributed by atoms with Crippen molar-refractivity contribution >= 4 is 11.6 Å². The Morgan fingerprint density at radius 3 is 2.57 bits per heavy atom. The van der Waals surface area contributed by atoms with Crippen molar-refractivity contribution in [3.63, 3.8) is 0 Å². The van der Waals surface area contributed by atoms with Crippen molar-refractivity contribution in [1.29, 1.82) is 0 Å². The fourth-order valence-electron chi connectivity index (χ4n) is 2.91. The zero-order valence-electron chi connectivity index (χ0n) is 13.1. The van der Waals surface area contributed by atoms with Crippen molar-refractivity contribution in [3.05, 3.63) is 23.8 Å². The molecule has 1 saturated heterocycles. The molecular weight excluding hydrogens is 288 g/mol. The molecule has 0 amide bonds. The van der Waals surface area contributed by atoms with Gasteiger partial charge in [0.05, 0.1) is 24.7 Å². The monoisotopic (exact) mass is 312 g/mol. The van der Waals surface area contributed by atoms with Gasteiger partial charge in [0.2, 0.25) is 0 Å². The van der Waals surface area contributed by atoms with E-state index >= 15 is 0 Å². The summed E-state index contributed by atoms with van der Waals surface area (Å²) in [7, 11) is 0. The largest absolute Gasteiger partial charge is 0.490 e. The van der Waals surface area contributed by atoms with Crippen LogP contribution in [-0.2, 0) is 4.74 Å². The number of hydrogen-bond acceptors (Lipinski definition) is 3. The van der Waals surface area contributed by atoms with Crippen molar-refractivity contribution in [1.82, 2.24) is 0 Å². The molecule has 3 atom stereocenters. The maximum Gasteiger partial charge on any atom is 0.161 e. The number of rotatable bonds is 7. The topological polar surface area (TPSA) is 27.7 Å². The van der Waals surface area contributed by atoms with Gasteiger partial charge in [-0.15, -0.1) is 11.6 Å². The van der Waals surface area contributed by atoms with Crippen LogP contribution in [0, 0.1) is 5.92 Å². The maximum absolute atomic E-state index is 6.71. The van der Waals surface area contributed by atoms with Crippen LogP contribution in [0.5, 0.6) is 11.5 Å². The highest BCUT2D eigenvalue weighted by atomic mass is 35.5. The smallest absolute Gasteiger partial charge is 0.161 e. The first-order valence-corrected chi connectivity index (χ1v) is 8.30. The molecule has 0 N–H and O–H groups in total. The molecule has 0 aliphatic carbocycles. The van der Waals surface area contributed by atoms with Crippen LogP contribution >= 0.6 is 11.6 Å².